The van der Waals surface area contributed by atoms with Crippen LogP contribution in [0, 0.1) is 6.92 Å². The standard InChI is InChI=1S/C28H24ClNO4/c1-16(13-26(32)30-22-11-7-19(8-12-22)18(3)31)23-14-24-25(20-5-9-21(29)10-6-20)15-34-28(24)17(2)27(23)33-4/h5-15H,1-4H3,(H,30,32)/b16-13+. The number of ether oxygens (including phenoxy) is 1. The second kappa shape index (κ2) is 9.57. The van der Waals surface area contributed by atoms with Crippen LogP contribution in [0.15, 0.2) is 71.4 Å². The molecule has 0 fully saturated rings. The van der Waals surface area contributed by atoms with Gasteiger partial charge in [0.15, 0.2) is 5.78 Å². The minimum Gasteiger partial charge on any atom is -0.496 e. The summed E-state index contributed by atoms with van der Waals surface area (Å²) in [6.45, 7) is 5.30. The Bertz CT molecular complexity index is 1410. The van der Waals surface area contributed by atoms with Crippen molar-refractivity contribution >= 4 is 45.5 Å². The second-order valence-corrected chi connectivity index (χ2v) is 8.50. The van der Waals surface area contributed by atoms with Gasteiger partial charge in [-0.05, 0) is 74.4 Å². The van der Waals surface area contributed by atoms with Gasteiger partial charge in [0.1, 0.15) is 11.3 Å². The van der Waals surface area contributed by atoms with Crippen molar-refractivity contribution in [1.29, 1.82) is 0 Å². The van der Waals surface area contributed by atoms with Crippen LogP contribution in [-0.2, 0) is 4.79 Å². The maximum atomic E-state index is 12.7. The lowest BCUT2D eigenvalue weighted by atomic mass is 9.96. The number of anilines is 1. The zero-order valence-corrected chi connectivity index (χ0v) is 20.1. The number of fused-ring (bicyclic) bond motifs is 1. The van der Waals surface area contributed by atoms with Gasteiger partial charge in [-0.2, -0.15) is 0 Å². The van der Waals surface area contributed by atoms with E-state index in [0.717, 1.165) is 38.8 Å². The average molecular weight is 474 g/mol. The van der Waals surface area contributed by atoms with E-state index in [4.69, 9.17) is 20.8 Å². The first-order valence-electron chi connectivity index (χ1n) is 10.7. The van der Waals surface area contributed by atoms with Crippen LogP contribution in [0.4, 0.5) is 5.69 Å². The van der Waals surface area contributed by atoms with Gasteiger partial charge in [0, 0.05) is 44.4 Å². The number of methoxy groups -OCH3 is 1. The molecule has 0 saturated carbocycles. The first kappa shape index (κ1) is 23.3. The number of halogens is 1. The van der Waals surface area contributed by atoms with Gasteiger partial charge >= 0.3 is 0 Å². The summed E-state index contributed by atoms with van der Waals surface area (Å²) in [6, 6.07) is 16.3. The zero-order valence-electron chi connectivity index (χ0n) is 19.4. The van der Waals surface area contributed by atoms with E-state index in [0.29, 0.717) is 22.0 Å². The molecule has 1 amide bonds. The van der Waals surface area contributed by atoms with E-state index in [1.54, 1.807) is 37.6 Å². The number of furan rings is 1. The number of Topliss-reactive ketones (excluding diaryl/α,β-unsaturated/α-hetero) is 1. The number of amides is 1. The van der Waals surface area contributed by atoms with Crippen LogP contribution in [0.2, 0.25) is 5.02 Å². The lowest BCUT2D eigenvalue weighted by Crippen LogP contribution is -2.09. The number of benzene rings is 3. The molecule has 0 unspecified atom stereocenters. The normalized spacial score (nSPS) is 11.5. The highest BCUT2D eigenvalue weighted by Crippen LogP contribution is 2.40. The summed E-state index contributed by atoms with van der Waals surface area (Å²) in [5.41, 5.74) is 6.23. The van der Waals surface area contributed by atoms with Gasteiger partial charge in [-0.15, -0.1) is 0 Å². The smallest absolute Gasteiger partial charge is 0.248 e. The predicted molar refractivity (Wildman–Crippen MR) is 137 cm³/mol. The molecule has 0 atom stereocenters. The van der Waals surface area contributed by atoms with E-state index in [9.17, 15) is 9.59 Å². The Labute approximate surface area is 203 Å². The van der Waals surface area contributed by atoms with Crippen molar-refractivity contribution in [1.82, 2.24) is 0 Å². The van der Waals surface area contributed by atoms with Gasteiger partial charge in [0.25, 0.3) is 0 Å². The Kier molecular flexibility index (Phi) is 6.57. The lowest BCUT2D eigenvalue weighted by Gasteiger charge is -2.13. The van der Waals surface area contributed by atoms with Gasteiger partial charge in [-0.3, -0.25) is 9.59 Å². The number of allylic oxidation sites excluding steroid dienone is 1. The predicted octanol–water partition coefficient (Wildman–Crippen LogP) is 7.31. The molecule has 0 saturated heterocycles. The monoisotopic (exact) mass is 473 g/mol. The van der Waals surface area contributed by atoms with E-state index >= 15 is 0 Å². The van der Waals surface area contributed by atoms with Crippen LogP contribution in [-0.4, -0.2) is 18.8 Å². The van der Waals surface area contributed by atoms with Gasteiger partial charge in [-0.25, -0.2) is 0 Å². The fraction of sp³-hybridized carbons (Fsp3) is 0.143. The Hall–Kier alpha value is -3.83. The number of carbonyl (C=O) groups excluding carboxylic acids is 2. The number of hydrogen-bond acceptors (Lipinski definition) is 4. The maximum Gasteiger partial charge on any atom is 0.248 e. The van der Waals surface area contributed by atoms with Crippen molar-refractivity contribution in [2.45, 2.75) is 20.8 Å². The highest BCUT2D eigenvalue weighted by atomic mass is 35.5. The summed E-state index contributed by atoms with van der Waals surface area (Å²) in [7, 11) is 1.60. The summed E-state index contributed by atoms with van der Waals surface area (Å²) in [6.07, 6.45) is 3.25. The molecule has 1 aromatic heterocycles. The Morgan fingerprint density at radius 1 is 1.03 bits per heavy atom. The number of nitrogens with one attached hydrogen (secondary N) is 1. The first-order chi connectivity index (χ1) is 16.3. The molecule has 0 aliphatic rings. The topological polar surface area (TPSA) is 68.5 Å². The van der Waals surface area contributed by atoms with Crippen molar-refractivity contribution in [3.8, 4) is 16.9 Å². The zero-order chi connectivity index (χ0) is 24.4. The molecule has 4 aromatic rings. The molecule has 1 N–H and O–H groups in total. The Balaban J connectivity index is 1.70. The lowest BCUT2D eigenvalue weighted by molar-refractivity contribution is -0.111. The maximum absolute atomic E-state index is 12.7. The molecule has 0 radical (unpaired) electrons. The number of ketones is 1. The summed E-state index contributed by atoms with van der Waals surface area (Å²) >= 11 is 6.05. The third-order valence-corrected chi connectivity index (χ3v) is 5.99. The molecule has 172 valence electrons. The third-order valence-electron chi connectivity index (χ3n) is 5.73. The molecule has 3 aromatic carbocycles. The van der Waals surface area contributed by atoms with Crippen molar-refractivity contribution in [2.75, 3.05) is 12.4 Å². The van der Waals surface area contributed by atoms with Crippen LogP contribution < -0.4 is 10.1 Å². The van der Waals surface area contributed by atoms with Crippen LogP contribution in [0.3, 0.4) is 0 Å². The minimum absolute atomic E-state index is 0.0244. The fourth-order valence-corrected chi connectivity index (χ4v) is 4.09. The van der Waals surface area contributed by atoms with E-state index in [2.05, 4.69) is 5.32 Å². The summed E-state index contributed by atoms with van der Waals surface area (Å²) in [4.78, 5) is 24.2. The summed E-state index contributed by atoms with van der Waals surface area (Å²) in [5.74, 6) is 0.346. The Morgan fingerprint density at radius 2 is 1.71 bits per heavy atom. The second-order valence-electron chi connectivity index (χ2n) is 8.07. The van der Waals surface area contributed by atoms with Gasteiger partial charge in [-0.1, -0.05) is 23.7 Å². The highest BCUT2D eigenvalue weighted by Gasteiger charge is 2.19. The van der Waals surface area contributed by atoms with Crippen molar-refractivity contribution < 1.29 is 18.7 Å². The molecule has 5 nitrogen and oxygen atoms in total. The Morgan fingerprint density at radius 3 is 2.32 bits per heavy atom. The molecule has 0 bridgehead atoms. The van der Waals surface area contributed by atoms with Crippen LogP contribution in [0.25, 0.3) is 27.7 Å². The van der Waals surface area contributed by atoms with Crippen molar-refractivity contribution in [3.63, 3.8) is 0 Å². The number of hydrogen-bond donors (Lipinski definition) is 1. The molecular formula is C28H24ClNO4. The summed E-state index contributed by atoms with van der Waals surface area (Å²) in [5, 5.41) is 4.42. The van der Waals surface area contributed by atoms with Crippen LogP contribution in [0.1, 0.15) is 35.3 Å². The first-order valence-corrected chi connectivity index (χ1v) is 11.1. The largest absolute Gasteiger partial charge is 0.496 e. The van der Waals surface area contributed by atoms with Gasteiger partial charge in [0.2, 0.25) is 5.91 Å². The number of rotatable bonds is 6. The molecular weight excluding hydrogens is 450 g/mol. The minimum atomic E-state index is -0.280. The highest BCUT2D eigenvalue weighted by molar-refractivity contribution is 6.30. The van der Waals surface area contributed by atoms with E-state index < -0.39 is 0 Å². The van der Waals surface area contributed by atoms with Crippen LogP contribution >= 0.6 is 11.6 Å². The van der Waals surface area contributed by atoms with E-state index in [-0.39, 0.29) is 11.7 Å². The van der Waals surface area contributed by atoms with E-state index in [1.807, 2.05) is 44.2 Å². The molecule has 0 aliphatic heterocycles. The molecule has 0 spiro atoms. The number of aryl methyl sites for hydroxylation is 1. The molecule has 6 heteroatoms. The SMILES string of the molecule is COc1c(/C(C)=C/C(=O)Nc2ccc(C(C)=O)cc2)cc2c(-c3ccc(Cl)cc3)coc2c1C. The number of carbonyl (C=O) groups is 2. The van der Waals surface area contributed by atoms with Crippen molar-refractivity contribution in [3.05, 3.63) is 88.6 Å². The van der Waals surface area contributed by atoms with Crippen molar-refractivity contribution in [2.24, 2.45) is 0 Å². The summed E-state index contributed by atoms with van der Waals surface area (Å²) < 4.78 is 11.6. The van der Waals surface area contributed by atoms with E-state index in [1.165, 1.54) is 13.0 Å². The average Bonchev–Trinajstić information content (AvgIpc) is 3.24. The molecule has 1 heterocycles. The quantitative estimate of drug-likeness (QED) is 0.235. The molecule has 4 rings (SSSR count). The third kappa shape index (κ3) is 4.61. The van der Waals surface area contributed by atoms with Gasteiger partial charge in [0.05, 0.1) is 13.4 Å². The van der Waals surface area contributed by atoms with Crippen LogP contribution in [0.5, 0.6) is 5.75 Å². The molecule has 34 heavy (non-hydrogen) atoms. The molecule has 0 aliphatic carbocycles. The fourth-order valence-electron chi connectivity index (χ4n) is 3.97. The van der Waals surface area contributed by atoms with Gasteiger partial charge < -0.3 is 14.5 Å².